The van der Waals surface area contributed by atoms with Gasteiger partial charge in [0.2, 0.25) is 15.9 Å². The van der Waals surface area contributed by atoms with Gasteiger partial charge in [0, 0.05) is 12.3 Å². The topological polar surface area (TPSA) is 79.4 Å². The molecular formula is C15H15F2N3O3S. The van der Waals surface area contributed by atoms with Crippen LogP contribution in [-0.4, -0.2) is 32.1 Å². The molecule has 1 heterocycles. The van der Waals surface area contributed by atoms with Gasteiger partial charge in [-0.05, 0) is 24.3 Å². The summed E-state index contributed by atoms with van der Waals surface area (Å²) in [4.78, 5) is 16.0. The molecule has 0 fully saturated rings. The number of pyridine rings is 1. The largest absolute Gasteiger partial charge is 0.349 e. The van der Waals surface area contributed by atoms with E-state index in [1.165, 1.54) is 0 Å². The maximum Gasteiger partial charge on any atom is 0.241 e. The Bertz CT molecular complexity index is 829. The van der Waals surface area contributed by atoms with E-state index in [9.17, 15) is 22.0 Å². The molecule has 0 saturated heterocycles. The summed E-state index contributed by atoms with van der Waals surface area (Å²) < 4.78 is 51.1. The Kier molecular flexibility index (Phi) is 5.45. The fourth-order valence-corrected chi connectivity index (χ4v) is 2.80. The summed E-state index contributed by atoms with van der Waals surface area (Å²) in [5.41, 5.74) is 0.191. The monoisotopic (exact) mass is 355 g/mol. The summed E-state index contributed by atoms with van der Waals surface area (Å²) in [6.07, 6.45) is 2.39. The quantitative estimate of drug-likeness (QED) is 0.850. The predicted octanol–water partition coefficient (Wildman–Crippen LogP) is 1.44. The molecule has 2 rings (SSSR count). The van der Waals surface area contributed by atoms with E-state index in [2.05, 4.69) is 10.3 Å². The molecular weight excluding hydrogens is 340 g/mol. The third kappa shape index (κ3) is 4.72. The molecule has 6 nitrogen and oxygen atoms in total. The first-order valence-corrected chi connectivity index (χ1v) is 8.71. The number of nitrogens with one attached hydrogen (secondary N) is 1. The van der Waals surface area contributed by atoms with Gasteiger partial charge in [-0.2, -0.15) is 0 Å². The highest BCUT2D eigenvalue weighted by Gasteiger charge is 2.23. The Morgan fingerprint density at radius 3 is 2.58 bits per heavy atom. The van der Waals surface area contributed by atoms with Gasteiger partial charge in [-0.15, -0.1) is 0 Å². The Balaban J connectivity index is 2.13. The van der Waals surface area contributed by atoms with Crippen molar-refractivity contribution in [2.24, 2.45) is 0 Å². The Morgan fingerprint density at radius 2 is 2.00 bits per heavy atom. The SMILES string of the molecule is CS(=O)(=O)N(CC(=O)NCc1ccccn1)c1ccc(F)cc1F. The number of carbonyl (C=O) groups is 1. The van der Waals surface area contributed by atoms with Crippen LogP contribution in [0.1, 0.15) is 5.69 Å². The number of benzene rings is 1. The lowest BCUT2D eigenvalue weighted by Gasteiger charge is -2.22. The number of hydrogen-bond acceptors (Lipinski definition) is 4. The van der Waals surface area contributed by atoms with Crippen molar-refractivity contribution in [3.05, 3.63) is 59.9 Å². The molecule has 0 bridgehead atoms. The number of nitrogens with zero attached hydrogens (tertiary/aromatic N) is 2. The van der Waals surface area contributed by atoms with Crippen LogP contribution in [0.25, 0.3) is 0 Å². The second-order valence-corrected chi connectivity index (χ2v) is 6.87. The van der Waals surface area contributed by atoms with E-state index in [1.54, 1.807) is 24.4 Å². The number of sulfonamides is 1. The normalized spacial score (nSPS) is 11.1. The van der Waals surface area contributed by atoms with Gasteiger partial charge in [-0.25, -0.2) is 17.2 Å². The molecule has 9 heteroatoms. The number of anilines is 1. The summed E-state index contributed by atoms with van der Waals surface area (Å²) in [6.45, 7) is -0.530. The zero-order valence-corrected chi connectivity index (χ0v) is 13.6. The van der Waals surface area contributed by atoms with Crippen molar-refractivity contribution in [2.75, 3.05) is 17.1 Å². The first kappa shape index (κ1) is 17.8. The lowest BCUT2D eigenvalue weighted by Crippen LogP contribution is -2.40. The van der Waals surface area contributed by atoms with Crippen LogP contribution in [0.2, 0.25) is 0 Å². The van der Waals surface area contributed by atoms with Crippen LogP contribution in [0, 0.1) is 11.6 Å². The Labute approximate surface area is 138 Å². The summed E-state index contributed by atoms with van der Waals surface area (Å²) in [5, 5.41) is 2.50. The number of amides is 1. The van der Waals surface area contributed by atoms with Crippen molar-refractivity contribution < 1.29 is 22.0 Å². The van der Waals surface area contributed by atoms with Gasteiger partial charge >= 0.3 is 0 Å². The molecule has 1 amide bonds. The van der Waals surface area contributed by atoms with Crippen LogP contribution in [0.15, 0.2) is 42.6 Å². The average molecular weight is 355 g/mol. The molecule has 0 unspecified atom stereocenters. The predicted molar refractivity (Wildman–Crippen MR) is 84.6 cm³/mol. The average Bonchev–Trinajstić information content (AvgIpc) is 2.51. The molecule has 24 heavy (non-hydrogen) atoms. The first-order chi connectivity index (χ1) is 11.3. The van der Waals surface area contributed by atoms with E-state index in [-0.39, 0.29) is 6.54 Å². The number of rotatable bonds is 6. The molecule has 0 spiro atoms. The van der Waals surface area contributed by atoms with Crippen LogP contribution >= 0.6 is 0 Å². The fraction of sp³-hybridized carbons (Fsp3) is 0.200. The highest BCUT2D eigenvalue weighted by Crippen LogP contribution is 2.22. The second kappa shape index (κ2) is 7.35. The van der Waals surface area contributed by atoms with Crippen LogP contribution in [-0.2, 0) is 21.4 Å². The zero-order valence-electron chi connectivity index (χ0n) is 12.7. The molecule has 128 valence electrons. The Morgan fingerprint density at radius 1 is 1.25 bits per heavy atom. The molecule has 1 aromatic carbocycles. The molecule has 0 aliphatic rings. The van der Waals surface area contributed by atoms with E-state index < -0.39 is 39.8 Å². The smallest absolute Gasteiger partial charge is 0.241 e. The first-order valence-electron chi connectivity index (χ1n) is 6.87. The minimum absolute atomic E-state index is 0.100. The molecule has 0 radical (unpaired) electrons. The van der Waals surface area contributed by atoms with Crippen LogP contribution in [0.5, 0.6) is 0 Å². The van der Waals surface area contributed by atoms with E-state index in [0.717, 1.165) is 18.4 Å². The second-order valence-electron chi connectivity index (χ2n) is 4.96. The lowest BCUT2D eigenvalue weighted by atomic mass is 10.3. The van der Waals surface area contributed by atoms with Crippen LogP contribution < -0.4 is 9.62 Å². The van der Waals surface area contributed by atoms with Crippen molar-refractivity contribution in [1.29, 1.82) is 0 Å². The molecule has 0 atom stereocenters. The van der Waals surface area contributed by atoms with Gasteiger partial charge in [-0.3, -0.25) is 14.1 Å². The maximum atomic E-state index is 13.8. The third-order valence-electron chi connectivity index (χ3n) is 3.06. The third-order valence-corrected chi connectivity index (χ3v) is 4.19. The number of halogens is 2. The molecule has 1 N–H and O–H groups in total. The van der Waals surface area contributed by atoms with Crippen molar-refractivity contribution in [1.82, 2.24) is 10.3 Å². The summed E-state index contributed by atoms with van der Waals surface area (Å²) in [6, 6.07) is 7.59. The van der Waals surface area contributed by atoms with Gasteiger partial charge in [0.15, 0.2) is 0 Å². The lowest BCUT2D eigenvalue weighted by molar-refractivity contribution is -0.119. The summed E-state index contributed by atoms with van der Waals surface area (Å²) in [7, 11) is -3.94. The van der Waals surface area contributed by atoms with Crippen molar-refractivity contribution in [2.45, 2.75) is 6.54 Å². The standard InChI is InChI=1S/C15H15F2N3O3S/c1-24(22,23)20(14-6-5-11(16)8-13(14)17)10-15(21)19-9-12-4-2-3-7-18-12/h2-8H,9-10H2,1H3,(H,19,21). The highest BCUT2D eigenvalue weighted by molar-refractivity contribution is 7.92. The highest BCUT2D eigenvalue weighted by atomic mass is 32.2. The van der Waals surface area contributed by atoms with Crippen LogP contribution in [0.3, 0.4) is 0 Å². The van der Waals surface area contributed by atoms with Gasteiger partial charge < -0.3 is 5.32 Å². The van der Waals surface area contributed by atoms with E-state index >= 15 is 0 Å². The van der Waals surface area contributed by atoms with Gasteiger partial charge in [0.05, 0.1) is 24.2 Å². The molecule has 1 aromatic heterocycles. The van der Waals surface area contributed by atoms with Crippen LogP contribution in [0.4, 0.5) is 14.5 Å². The zero-order chi connectivity index (χ0) is 17.7. The number of hydrogen-bond donors (Lipinski definition) is 1. The van der Waals surface area contributed by atoms with E-state index in [1.807, 2.05) is 0 Å². The van der Waals surface area contributed by atoms with Gasteiger partial charge in [-0.1, -0.05) is 6.07 Å². The summed E-state index contributed by atoms with van der Waals surface area (Å²) in [5.74, 6) is -2.56. The van der Waals surface area contributed by atoms with Crippen molar-refractivity contribution >= 4 is 21.6 Å². The molecule has 2 aromatic rings. The molecule has 0 aliphatic carbocycles. The summed E-state index contributed by atoms with van der Waals surface area (Å²) >= 11 is 0. The van der Waals surface area contributed by atoms with Gasteiger partial charge in [0.1, 0.15) is 18.2 Å². The van der Waals surface area contributed by atoms with E-state index in [4.69, 9.17) is 0 Å². The number of carbonyl (C=O) groups excluding carboxylic acids is 1. The minimum atomic E-state index is -3.94. The minimum Gasteiger partial charge on any atom is -0.349 e. The maximum absolute atomic E-state index is 13.8. The fourth-order valence-electron chi connectivity index (χ4n) is 1.94. The molecule has 0 saturated carbocycles. The Hall–Kier alpha value is -2.55. The van der Waals surface area contributed by atoms with Crippen molar-refractivity contribution in [3.8, 4) is 0 Å². The van der Waals surface area contributed by atoms with Crippen molar-refractivity contribution in [3.63, 3.8) is 0 Å². The molecule has 0 aliphatic heterocycles. The van der Waals surface area contributed by atoms with Gasteiger partial charge in [0.25, 0.3) is 0 Å². The van der Waals surface area contributed by atoms with E-state index in [0.29, 0.717) is 16.1 Å². The number of aromatic nitrogens is 1.